The predicted octanol–water partition coefficient (Wildman–Crippen LogP) is 3.39. The van der Waals surface area contributed by atoms with E-state index >= 15 is 0 Å². The third-order valence-electron chi connectivity index (χ3n) is 3.32. The lowest BCUT2D eigenvalue weighted by Gasteiger charge is -2.09. The molecule has 0 saturated heterocycles. The number of rotatable bonds is 7. The van der Waals surface area contributed by atoms with Crippen molar-refractivity contribution >= 4 is 27.5 Å². The Labute approximate surface area is 154 Å². The molecule has 2 rings (SSSR count). The molecule has 0 aliphatic rings. The third kappa shape index (κ3) is 5.49. The van der Waals surface area contributed by atoms with Gasteiger partial charge in [0.2, 0.25) is 0 Å². The van der Waals surface area contributed by atoms with Crippen LogP contribution < -0.4 is 19.6 Å². The first-order valence-corrected chi connectivity index (χ1v) is 8.26. The Kier molecular flexibility index (Phi) is 6.82. The second-order valence-corrected chi connectivity index (χ2v) is 5.96. The minimum atomic E-state index is -0.347. The maximum absolute atomic E-state index is 11.9. The highest BCUT2D eigenvalue weighted by Crippen LogP contribution is 2.27. The maximum atomic E-state index is 11.9. The molecule has 7 heteroatoms. The van der Waals surface area contributed by atoms with Crippen molar-refractivity contribution in [3.8, 4) is 17.2 Å². The molecule has 0 spiro atoms. The summed E-state index contributed by atoms with van der Waals surface area (Å²) in [6, 6.07) is 12.7. The first kappa shape index (κ1) is 18.8. The maximum Gasteiger partial charge on any atom is 0.277 e. The van der Waals surface area contributed by atoms with Crippen molar-refractivity contribution in [2.24, 2.45) is 5.10 Å². The van der Waals surface area contributed by atoms with Crippen LogP contribution in [0.5, 0.6) is 17.2 Å². The number of halogens is 1. The second kappa shape index (κ2) is 9.08. The Balaban J connectivity index is 1.95. The van der Waals surface area contributed by atoms with Crippen LogP contribution >= 0.6 is 15.9 Å². The number of hydrogen-bond donors (Lipinski definition) is 1. The highest BCUT2D eigenvalue weighted by molar-refractivity contribution is 9.10. The summed E-state index contributed by atoms with van der Waals surface area (Å²) in [4.78, 5) is 11.9. The fourth-order valence-corrected chi connectivity index (χ4v) is 2.39. The molecule has 2 aromatic carbocycles. The van der Waals surface area contributed by atoms with E-state index in [1.807, 2.05) is 18.2 Å². The summed E-state index contributed by atoms with van der Waals surface area (Å²) in [6.45, 7) is 1.66. The summed E-state index contributed by atoms with van der Waals surface area (Å²) < 4.78 is 16.7. The normalized spacial score (nSPS) is 11.0. The quantitative estimate of drug-likeness (QED) is 0.565. The summed E-state index contributed by atoms with van der Waals surface area (Å²) in [5, 5.41) is 4.09. The molecule has 0 atom stereocenters. The monoisotopic (exact) mass is 406 g/mol. The van der Waals surface area contributed by atoms with E-state index in [0.29, 0.717) is 23.0 Å². The Morgan fingerprint density at radius 2 is 1.88 bits per heavy atom. The average molecular weight is 407 g/mol. The molecule has 0 unspecified atom stereocenters. The van der Waals surface area contributed by atoms with Crippen LogP contribution in [0.15, 0.2) is 52.0 Å². The molecule has 132 valence electrons. The third-order valence-corrected chi connectivity index (χ3v) is 3.81. The van der Waals surface area contributed by atoms with Gasteiger partial charge in [-0.2, -0.15) is 5.10 Å². The number of carbonyl (C=O) groups is 1. The lowest BCUT2D eigenvalue weighted by Crippen LogP contribution is -2.25. The molecule has 0 saturated carbocycles. The lowest BCUT2D eigenvalue weighted by atomic mass is 10.1. The van der Waals surface area contributed by atoms with Crippen LogP contribution in [0.25, 0.3) is 0 Å². The van der Waals surface area contributed by atoms with Gasteiger partial charge in [-0.25, -0.2) is 5.43 Å². The van der Waals surface area contributed by atoms with E-state index < -0.39 is 0 Å². The van der Waals surface area contributed by atoms with E-state index in [9.17, 15) is 4.79 Å². The van der Waals surface area contributed by atoms with Gasteiger partial charge in [-0.3, -0.25) is 4.79 Å². The zero-order valence-electron chi connectivity index (χ0n) is 14.2. The number of methoxy groups -OCH3 is 2. The van der Waals surface area contributed by atoms with E-state index in [1.165, 1.54) is 0 Å². The SMILES string of the molecule is COc1ccc(/C(C)=N\NC(=O)COc2cccc(Br)c2)cc1OC. The molecule has 25 heavy (non-hydrogen) atoms. The zero-order valence-corrected chi connectivity index (χ0v) is 15.8. The van der Waals surface area contributed by atoms with E-state index in [2.05, 4.69) is 26.5 Å². The molecule has 0 fully saturated rings. The minimum absolute atomic E-state index is 0.126. The molecule has 0 aliphatic heterocycles. The number of benzene rings is 2. The van der Waals surface area contributed by atoms with Gasteiger partial charge in [0.1, 0.15) is 5.75 Å². The number of amides is 1. The smallest absolute Gasteiger partial charge is 0.277 e. The lowest BCUT2D eigenvalue weighted by molar-refractivity contribution is -0.123. The van der Waals surface area contributed by atoms with E-state index in [0.717, 1.165) is 10.0 Å². The number of carbonyl (C=O) groups excluding carboxylic acids is 1. The van der Waals surface area contributed by atoms with Crippen LogP contribution in [0.3, 0.4) is 0 Å². The van der Waals surface area contributed by atoms with Crippen molar-refractivity contribution in [3.05, 3.63) is 52.5 Å². The first-order chi connectivity index (χ1) is 12.0. The van der Waals surface area contributed by atoms with Crippen LogP contribution in [0, 0.1) is 0 Å². The predicted molar refractivity (Wildman–Crippen MR) is 99.5 cm³/mol. The summed E-state index contributed by atoms with van der Waals surface area (Å²) in [7, 11) is 3.14. The molecule has 0 aromatic heterocycles. The fraction of sp³-hybridized carbons (Fsp3) is 0.222. The van der Waals surface area contributed by atoms with Crippen LogP contribution in [0.2, 0.25) is 0 Å². The zero-order chi connectivity index (χ0) is 18.2. The summed E-state index contributed by atoms with van der Waals surface area (Å²) in [5.41, 5.74) is 3.92. The Morgan fingerprint density at radius 1 is 1.12 bits per heavy atom. The number of hydrogen-bond acceptors (Lipinski definition) is 5. The fourth-order valence-electron chi connectivity index (χ4n) is 2.01. The van der Waals surface area contributed by atoms with Crippen LogP contribution in [0.1, 0.15) is 12.5 Å². The largest absolute Gasteiger partial charge is 0.493 e. The van der Waals surface area contributed by atoms with Gasteiger partial charge in [0.15, 0.2) is 18.1 Å². The molecular weight excluding hydrogens is 388 g/mol. The molecule has 6 nitrogen and oxygen atoms in total. The van der Waals surface area contributed by atoms with E-state index in [1.54, 1.807) is 45.4 Å². The summed E-state index contributed by atoms with van der Waals surface area (Å²) in [5.74, 6) is 1.48. The van der Waals surface area contributed by atoms with E-state index in [4.69, 9.17) is 14.2 Å². The van der Waals surface area contributed by atoms with Crippen LogP contribution in [-0.4, -0.2) is 32.4 Å². The Morgan fingerprint density at radius 3 is 2.56 bits per heavy atom. The average Bonchev–Trinajstić information content (AvgIpc) is 2.63. The van der Waals surface area contributed by atoms with E-state index in [-0.39, 0.29) is 12.5 Å². The van der Waals surface area contributed by atoms with Crippen molar-refractivity contribution < 1.29 is 19.0 Å². The highest BCUT2D eigenvalue weighted by Gasteiger charge is 2.07. The molecule has 0 heterocycles. The standard InChI is InChI=1S/C18H19BrN2O4/c1-12(13-7-8-16(23-2)17(9-13)24-3)20-21-18(22)11-25-15-6-4-5-14(19)10-15/h4-10H,11H2,1-3H3,(H,21,22)/b20-12-. The number of nitrogens with zero attached hydrogens (tertiary/aromatic N) is 1. The van der Waals surface area contributed by atoms with Crippen LogP contribution in [-0.2, 0) is 4.79 Å². The molecule has 0 radical (unpaired) electrons. The topological polar surface area (TPSA) is 69.2 Å². The van der Waals surface area contributed by atoms with Crippen molar-refractivity contribution in [2.45, 2.75) is 6.92 Å². The van der Waals surface area contributed by atoms with Gasteiger partial charge in [0.25, 0.3) is 5.91 Å². The Hall–Kier alpha value is -2.54. The van der Waals surface area contributed by atoms with Gasteiger partial charge in [-0.15, -0.1) is 0 Å². The van der Waals surface area contributed by atoms with Crippen molar-refractivity contribution in [2.75, 3.05) is 20.8 Å². The molecular formula is C18H19BrN2O4. The van der Waals surface area contributed by atoms with Gasteiger partial charge in [-0.1, -0.05) is 22.0 Å². The van der Waals surface area contributed by atoms with Gasteiger partial charge < -0.3 is 14.2 Å². The second-order valence-electron chi connectivity index (χ2n) is 5.05. The van der Waals surface area contributed by atoms with Gasteiger partial charge in [-0.05, 0) is 43.3 Å². The molecule has 0 aliphatic carbocycles. The van der Waals surface area contributed by atoms with Crippen molar-refractivity contribution in [1.29, 1.82) is 0 Å². The highest BCUT2D eigenvalue weighted by atomic mass is 79.9. The molecule has 1 amide bonds. The first-order valence-electron chi connectivity index (χ1n) is 7.47. The Bertz CT molecular complexity index is 777. The summed E-state index contributed by atoms with van der Waals surface area (Å²) in [6.07, 6.45) is 0. The summed E-state index contributed by atoms with van der Waals surface area (Å²) >= 11 is 3.35. The number of hydrazone groups is 1. The van der Waals surface area contributed by atoms with Crippen LogP contribution in [0.4, 0.5) is 0 Å². The van der Waals surface area contributed by atoms with Gasteiger partial charge in [0, 0.05) is 10.0 Å². The van der Waals surface area contributed by atoms with Gasteiger partial charge in [0.05, 0.1) is 19.9 Å². The van der Waals surface area contributed by atoms with Gasteiger partial charge >= 0.3 is 0 Å². The minimum Gasteiger partial charge on any atom is -0.493 e. The number of ether oxygens (including phenoxy) is 3. The molecule has 0 bridgehead atoms. The molecule has 2 aromatic rings. The molecule has 1 N–H and O–H groups in total. The number of nitrogens with one attached hydrogen (secondary N) is 1. The van der Waals surface area contributed by atoms with Crippen molar-refractivity contribution in [3.63, 3.8) is 0 Å². The van der Waals surface area contributed by atoms with Crippen molar-refractivity contribution in [1.82, 2.24) is 5.43 Å².